The Hall–Kier alpha value is -3.75. The number of methoxy groups -OCH3 is 1. The highest BCUT2D eigenvalue weighted by Gasteiger charge is 2.17. The summed E-state index contributed by atoms with van der Waals surface area (Å²) in [6.45, 7) is 0.280. The highest BCUT2D eigenvalue weighted by atomic mass is 32.2. The van der Waals surface area contributed by atoms with Crippen molar-refractivity contribution in [2.24, 2.45) is 0 Å². The van der Waals surface area contributed by atoms with Crippen LogP contribution in [0.4, 0.5) is 0 Å². The molecule has 0 aliphatic carbocycles. The van der Waals surface area contributed by atoms with Crippen molar-refractivity contribution in [1.82, 2.24) is 4.31 Å². The second kappa shape index (κ2) is 10.9. The summed E-state index contributed by atoms with van der Waals surface area (Å²) in [5.74, 6) is -0.0698. The van der Waals surface area contributed by atoms with E-state index >= 15 is 0 Å². The normalized spacial score (nSPS) is 11.5. The largest absolute Gasteiger partial charge is 0.488 e. The molecule has 0 bridgehead atoms. The fourth-order valence-corrected chi connectivity index (χ4v) is 3.93. The molecule has 176 valence electrons. The Labute approximate surface area is 199 Å². The molecule has 3 rings (SSSR count). The predicted octanol–water partition coefficient (Wildman–Crippen LogP) is 4.20. The van der Waals surface area contributed by atoms with Crippen LogP contribution in [-0.2, 0) is 21.4 Å². The molecule has 0 heterocycles. The van der Waals surface area contributed by atoms with E-state index in [4.69, 9.17) is 9.47 Å². The fourth-order valence-electron chi connectivity index (χ4n) is 3.03. The SMILES string of the molecule is COC(=O)c1ccc(COc2ccccc2/C=C/C(=O)c2ccc(S(=O)(=O)N(C)C)cc2)cc1. The third-order valence-electron chi connectivity index (χ3n) is 5.02. The van der Waals surface area contributed by atoms with Crippen molar-refractivity contribution in [2.75, 3.05) is 21.2 Å². The van der Waals surface area contributed by atoms with Crippen molar-refractivity contribution < 1.29 is 27.5 Å². The second-order valence-electron chi connectivity index (χ2n) is 7.52. The quantitative estimate of drug-likeness (QED) is 0.260. The van der Waals surface area contributed by atoms with Gasteiger partial charge in [-0.05, 0) is 60.2 Å². The number of ether oxygens (including phenoxy) is 2. The second-order valence-corrected chi connectivity index (χ2v) is 9.68. The van der Waals surface area contributed by atoms with Gasteiger partial charge in [0.05, 0.1) is 17.6 Å². The monoisotopic (exact) mass is 479 g/mol. The van der Waals surface area contributed by atoms with Gasteiger partial charge in [0.25, 0.3) is 0 Å². The van der Waals surface area contributed by atoms with E-state index in [1.165, 1.54) is 51.5 Å². The van der Waals surface area contributed by atoms with Crippen LogP contribution < -0.4 is 4.74 Å². The summed E-state index contributed by atoms with van der Waals surface area (Å²) in [6.07, 6.45) is 3.07. The molecule has 7 nitrogen and oxygen atoms in total. The Bertz CT molecular complexity index is 1290. The third-order valence-corrected chi connectivity index (χ3v) is 6.85. The molecule has 0 unspecified atom stereocenters. The van der Waals surface area contributed by atoms with E-state index in [1.807, 2.05) is 18.2 Å². The Kier molecular flexibility index (Phi) is 7.99. The Morgan fingerprint density at radius 1 is 0.882 bits per heavy atom. The zero-order valence-corrected chi connectivity index (χ0v) is 19.9. The van der Waals surface area contributed by atoms with Crippen LogP contribution in [0, 0.1) is 0 Å². The summed E-state index contributed by atoms with van der Waals surface area (Å²) in [4.78, 5) is 24.3. The van der Waals surface area contributed by atoms with Crippen LogP contribution in [0.3, 0.4) is 0 Å². The van der Waals surface area contributed by atoms with Crippen molar-refractivity contribution in [3.05, 3.63) is 101 Å². The number of hydrogen-bond donors (Lipinski definition) is 0. The van der Waals surface area contributed by atoms with Crippen LogP contribution in [0.5, 0.6) is 5.75 Å². The zero-order chi connectivity index (χ0) is 24.7. The fraction of sp³-hybridized carbons (Fsp3) is 0.154. The summed E-state index contributed by atoms with van der Waals surface area (Å²) in [5, 5.41) is 0. The molecule has 0 saturated carbocycles. The van der Waals surface area contributed by atoms with Crippen LogP contribution >= 0.6 is 0 Å². The Balaban J connectivity index is 1.69. The molecule has 34 heavy (non-hydrogen) atoms. The van der Waals surface area contributed by atoms with Gasteiger partial charge in [0.15, 0.2) is 5.78 Å². The highest BCUT2D eigenvalue weighted by molar-refractivity contribution is 7.89. The number of carbonyl (C=O) groups is 2. The Morgan fingerprint density at radius 3 is 2.12 bits per heavy atom. The van der Waals surface area contributed by atoms with Gasteiger partial charge in [0.1, 0.15) is 12.4 Å². The number of rotatable bonds is 9. The lowest BCUT2D eigenvalue weighted by Gasteiger charge is -2.11. The maximum absolute atomic E-state index is 12.6. The minimum atomic E-state index is -3.55. The summed E-state index contributed by atoms with van der Waals surface area (Å²) in [5.41, 5.74) is 2.42. The molecule has 0 aromatic heterocycles. The number of para-hydroxylation sites is 1. The summed E-state index contributed by atoms with van der Waals surface area (Å²) >= 11 is 0. The van der Waals surface area contributed by atoms with Gasteiger partial charge in [-0.1, -0.05) is 30.3 Å². The average Bonchev–Trinajstić information content (AvgIpc) is 2.86. The van der Waals surface area contributed by atoms with E-state index < -0.39 is 16.0 Å². The van der Waals surface area contributed by atoms with Crippen molar-refractivity contribution in [3.63, 3.8) is 0 Å². The molecule has 3 aromatic carbocycles. The van der Waals surface area contributed by atoms with Crippen LogP contribution in [0.2, 0.25) is 0 Å². The molecular weight excluding hydrogens is 454 g/mol. The van der Waals surface area contributed by atoms with Crippen LogP contribution in [0.15, 0.2) is 83.8 Å². The number of sulfonamides is 1. The molecule has 0 atom stereocenters. The van der Waals surface area contributed by atoms with Crippen molar-refractivity contribution >= 4 is 27.9 Å². The molecule has 0 fully saturated rings. The first-order valence-corrected chi connectivity index (χ1v) is 11.8. The number of nitrogens with zero attached hydrogens (tertiary/aromatic N) is 1. The molecule has 0 aliphatic rings. The lowest BCUT2D eigenvalue weighted by atomic mass is 10.1. The van der Waals surface area contributed by atoms with E-state index in [1.54, 1.807) is 36.4 Å². The molecule has 0 spiro atoms. The number of hydrogen-bond acceptors (Lipinski definition) is 6. The molecule has 0 N–H and O–H groups in total. The van der Waals surface area contributed by atoms with Crippen LogP contribution in [-0.4, -0.2) is 45.7 Å². The van der Waals surface area contributed by atoms with Gasteiger partial charge >= 0.3 is 5.97 Å². The van der Waals surface area contributed by atoms with Gasteiger partial charge in [-0.2, -0.15) is 0 Å². The summed E-state index contributed by atoms with van der Waals surface area (Å²) < 4.78 is 36.1. The Morgan fingerprint density at radius 2 is 1.50 bits per heavy atom. The highest BCUT2D eigenvalue weighted by Crippen LogP contribution is 2.22. The molecule has 3 aromatic rings. The minimum absolute atomic E-state index is 0.122. The van der Waals surface area contributed by atoms with Gasteiger partial charge in [0.2, 0.25) is 10.0 Å². The predicted molar refractivity (Wildman–Crippen MR) is 129 cm³/mol. The van der Waals surface area contributed by atoms with Gasteiger partial charge in [-0.3, -0.25) is 4.79 Å². The topological polar surface area (TPSA) is 90.0 Å². The molecule has 0 aliphatic heterocycles. The molecule has 0 saturated heterocycles. The minimum Gasteiger partial charge on any atom is -0.488 e. The van der Waals surface area contributed by atoms with Crippen molar-refractivity contribution in [1.29, 1.82) is 0 Å². The summed E-state index contributed by atoms with van der Waals surface area (Å²) in [6, 6.07) is 20.0. The van der Waals surface area contributed by atoms with E-state index in [2.05, 4.69) is 0 Å². The first kappa shape index (κ1) is 24.9. The number of allylic oxidation sites excluding steroid dienone is 1. The van der Waals surface area contributed by atoms with E-state index in [9.17, 15) is 18.0 Å². The smallest absolute Gasteiger partial charge is 0.337 e. The lowest BCUT2D eigenvalue weighted by Crippen LogP contribution is -2.22. The van der Waals surface area contributed by atoms with Crippen molar-refractivity contribution in [2.45, 2.75) is 11.5 Å². The van der Waals surface area contributed by atoms with Gasteiger partial charge in [-0.25, -0.2) is 17.5 Å². The first-order valence-electron chi connectivity index (χ1n) is 10.4. The number of benzene rings is 3. The standard InChI is InChI=1S/C26H25NO6S/c1-27(2)34(30,31)23-15-12-20(13-16-23)24(28)17-14-21-6-4-5-7-25(21)33-18-19-8-10-22(11-9-19)26(29)32-3/h4-17H,18H2,1-3H3/b17-14+. The van der Waals surface area contributed by atoms with E-state index in [0.717, 1.165) is 9.87 Å². The van der Waals surface area contributed by atoms with Gasteiger partial charge in [0, 0.05) is 25.2 Å². The number of ketones is 1. The molecular formula is C26H25NO6S. The number of carbonyl (C=O) groups excluding carboxylic acids is 2. The van der Waals surface area contributed by atoms with Crippen molar-refractivity contribution in [3.8, 4) is 5.75 Å². The van der Waals surface area contributed by atoms with Gasteiger partial charge < -0.3 is 9.47 Å². The van der Waals surface area contributed by atoms with E-state index in [0.29, 0.717) is 22.4 Å². The number of esters is 1. The maximum atomic E-state index is 12.6. The molecule has 8 heteroatoms. The first-order chi connectivity index (χ1) is 16.2. The van der Waals surface area contributed by atoms with Crippen LogP contribution in [0.1, 0.15) is 31.8 Å². The lowest BCUT2D eigenvalue weighted by molar-refractivity contribution is 0.0600. The zero-order valence-electron chi connectivity index (χ0n) is 19.1. The van der Waals surface area contributed by atoms with Gasteiger partial charge in [-0.15, -0.1) is 0 Å². The average molecular weight is 480 g/mol. The van der Waals surface area contributed by atoms with E-state index in [-0.39, 0.29) is 17.3 Å². The molecule has 0 radical (unpaired) electrons. The third kappa shape index (κ3) is 5.98. The molecule has 0 amide bonds. The van der Waals surface area contributed by atoms with Crippen LogP contribution in [0.25, 0.3) is 6.08 Å². The maximum Gasteiger partial charge on any atom is 0.337 e. The summed E-state index contributed by atoms with van der Waals surface area (Å²) in [7, 11) is 0.684.